The predicted octanol–water partition coefficient (Wildman–Crippen LogP) is 2.06. The van der Waals surface area contributed by atoms with Crippen molar-refractivity contribution in [3.8, 4) is 11.3 Å². The Morgan fingerprint density at radius 3 is 2.79 bits per heavy atom. The summed E-state index contributed by atoms with van der Waals surface area (Å²) < 4.78 is 2.06. The van der Waals surface area contributed by atoms with E-state index in [0.717, 1.165) is 47.7 Å². The van der Waals surface area contributed by atoms with Gasteiger partial charge < -0.3 is 9.67 Å². The summed E-state index contributed by atoms with van der Waals surface area (Å²) in [4.78, 5) is 33.1. The minimum atomic E-state index is -0.858. The van der Waals surface area contributed by atoms with Gasteiger partial charge in [0.15, 0.2) is 0 Å². The molecule has 6 rings (SSSR count). The molecule has 0 saturated carbocycles. The lowest BCUT2D eigenvalue weighted by Crippen LogP contribution is -2.51. The number of benzene rings is 1. The zero-order valence-corrected chi connectivity index (χ0v) is 18.6. The Bertz CT molecular complexity index is 1280. The van der Waals surface area contributed by atoms with Gasteiger partial charge in [0, 0.05) is 43.7 Å². The average molecular weight is 446 g/mol. The maximum absolute atomic E-state index is 12.4. The van der Waals surface area contributed by atoms with E-state index in [9.17, 15) is 14.7 Å². The second-order valence-corrected chi connectivity index (χ2v) is 9.39. The highest BCUT2D eigenvalue weighted by atomic mass is 16.3. The molecule has 0 radical (unpaired) electrons. The molecule has 2 fully saturated rings. The number of fused-ring (bicyclic) bond motifs is 2. The van der Waals surface area contributed by atoms with E-state index in [-0.39, 0.29) is 11.8 Å². The van der Waals surface area contributed by atoms with Gasteiger partial charge in [0.05, 0.1) is 11.7 Å². The third kappa shape index (κ3) is 3.45. The molecule has 33 heavy (non-hydrogen) atoms. The summed E-state index contributed by atoms with van der Waals surface area (Å²) in [6.45, 7) is 3.66. The maximum Gasteiger partial charge on any atom is 0.244 e. The first-order valence-electron chi connectivity index (χ1n) is 11.6. The Morgan fingerprint density at radius 1 is 1.18 bits per heavy atom. The summed E-state index contributed by atoms with van der Waals surface area (Å²) in [5.41, 5.74) is 5.96. The first kappa shape index (κ1) is 20.5. The molecule has 8 heteroatoms. The van der Waals surface area contributed by atoms with Crippen molar-refractivity contribution in [2.75, 3.05) is 13.1 Å². The van der Waals surface area contributed by atoms with Crippen LogP contribution >= 0.6 is 0 Å². The zero-order valence-electron chi connectivity index (χ0n) is 18.6. The van der Waals surface area contributed by atoms with E-state index in [4.69, 9.17) is 4.98 Å². The lowest BCUT2D eigenvalue weighted by Gasteiger charge is -2.31. The van der Waals surface area contributed by atoms with Crippen molar-refractivity contribution in [3.05, 3.63) is 53.2 Å². The van der Waals surface area contributed by atoms with Crippen LogP contribution in [0.1, 0.15) is 42.2 Å². The highest BCUT2D eigenvalue weighted by Gasteiger charge is 2.39. The molecule has 5 heterocycles. The van der Waals surface area contributed by atoms with Crippen LogP contribution in [0.25, 0.3) is 22.3 Å². The molecule has 1 aromatic carbocycles. The average Bonchev–Trinajstić information content (AvgIpc) is 3.30. The number of rotatable bonds is 4. The largest absolute Gasteiger partial charge is 0.374 e. The number of amides is 2. The number of nitrogens with one attached hydrogen (secondary N) is 1. The van der Waals surface area contributed by atoms with Gasteiger partial charge >= 0.3 is 0 Å². The van der Waals surface area contributed by atoms with Crippen LogP contribution in [0.3, 0.4) is 0 Å². The number of aryl methyl sites for hydroxylation is 1. The Morgan fingerprint density at radius 2 is 2.03 bits per heavy atom. The van der Waals surface area contributed by atoms with Crippen molar-refractivity contribution in [3.63, 3.8) is 0 Å². The highest BCUT2D eigenvalue weighted by Crippen LogP contribution is 2.37. The third-order valence-corrected chi connectivity index (χ3v) is 7.26. The van der Waals surface area contributed by atoms with Crippen LogP contribution in [-0.2, 0) is 29.7 Å². The topological polar surface area (TPSA) is 90.7 Å². The van der Waals surface area contributed by atoms with Crippen LogP contribution in [0.15, 0.2) is 36.5 Å². The van der Waals surface area contributed by atoms with Crippen molar-refractivity contribution in [1.82, 2.24) is 24.7 Å². The van der Waals surface area contributed by atoms with Gasteiger partial charge in [0.1, 0.15) is 11.9 Å². The van der Waals surface area contributed by atoms with Crippen molar-refractivity contribution >= 4 is 22.8 Å². The molecule has 3 aliphatic rings. The summed E-state index contributed by atoms with van der Waals surface area (Å²) in [5.74, 6) is -0.578. The SMILES string of the molecule is Cn1ccc2c(CN3CCC3)cc(-c3ccc4c(c3)CN(C3CCC(=O)NC3=O)C4O)nc21. The predicted molar refractivity (Wildman–Crippen MR) is 123 cm³/mol. The Labute approximate surface area is 191 Å². The van der Waals surface area contributed by atoms with Crippen LogP contribution in [-0.4, -0.2) is 55.4 Å². The van der Waals surface area contributed by atoms with Crippen molar-refractivity contribution < 1.29 is 14.7 Å². The molecule has 2 saturated heterocycles. The fourth-order valence-electron chi connectivity index (χ4n) is 5.25. The molecule has 2 unspecified atom stereocenters. The van der Waals surface area contributed by atoms with Crippen LogP contribution in [0.5, 0.6) is 0 Å². The van der Waals surface area contributed by atoms with E-state index in [0.29, 0.717) is 19.4 Å². The van der Waals surface area contributed by atoms with Crippen LogP contribution in [0, 0.1) is 0 Å². The number of hydrogen-bond acceptors (Lipinski definition) is 6. The number of likely N-dealkylation sites (tertiary alicyclic amines) is 1. The first-order chi connectivity index (χ1) is 16.0. The van der Waals surface area contributed by atoms with E-state index >= 15 is 0 Å². The van der Waals surface area contributed by atoms with Gasteiger partial charge in [0.25, 0.3) is 0 Å². The summed E-state index contributed by atoms with van der Waals surface area (Å²) in [5, 5.41) is 14.5. The number of imide groups is 1. The first-order valence-corrected chi connectivity index (χ1v) is 11.6. The number of carbonyl (C=O) groups excluding carboxylic acids is 2. The molecule has 2 N–H and O–H groups in total. The van der Waals surface area contributed by atoms with Gasteiger partial charge in [-0.05, 0) is 60.8 Å². The van der Waals surface area contributed by atoms with E-state index < -0.39 is 12.3 Å². The zero-order chi connectivity index (χ0) is 22.7. The number of aromatic nitrogens is 2. The molecule has 0 aliphatic carbocycles. The normalized spacial score (nSPS) is 23.6. The quantitative estimate of drug-likeness (QED) is 0.598. The Balaban J connectivity index is 1.33. The van der Waals surface area contributed by atoms with E-state index in [1.807, 2.05) is 19.2 Å². The summed E-state index contributed by atoms with van der Waals surface area (Å²) in [7, 11) is 2.02. The van der Waals surface area contributed by atoms with Gasteiger partial charge in [-0.2, -0.15) is 0 Å². The number of aliphatic hydroxyl groups is 1. The smallest absolute Gasteiger partial charge is 0.244 e. The van der Waals surface area contributed by atoms with Gasteiger partial charge in [-0.3, -0.25) is 24.7 Å². The molecular weight excluding hydrogens is 418 g/mol. The minimum Gasteiger partial charge on any atom is -0.374 e. The molecular formula is C25H27N5O3. The monoisotopic (exact) mass is 445 g/mol. The molecule has 3 aromatic rings. The van der Waals surface area contributed by atoms with E-state index in [1.165, 1.54) is 17.4 Å². The summed E-state index contributed by atoms with van der Waals surface area (Å²) in [6, 6.07) is 9.83. The Hall–Kier alpha value is -3.07. The molecule has 2 aromatic heterocycles. The van der Waals surface area contributed by atoms with Gasteiger partial charge in [-0.15, -0.1) is 0 Å². The second-order valence-electron chi connectivity index (χ2n) is 9.39. The number of carbonyl (C=O) groups is 2. The van der Waals surface area contributed by atoms with Crippen LogP contribution < -0.4 is 5.32 Å². The standard InChI is InChI=1S/C25H27N5O3/c1-28-10-7-18-17(13-29-8-2-9-29)12-20(26-23(18)28)15-3-4-19-16(11-15)14-30(25(19)33)21-5-6-22(31)27-24(21)32/h3-4,7,10-12,21,25,33H,2,5-6,8-9,13-14H2,1H3,(H,27,31,32). The van der Waals surface area contributed by atoms with E-state index in [2.05, 4.69) is 39.2 Å². The van der Waals surface area contributed by atoms with Gasteiger partial charge in [-0.25, -0.2) is 4.98 Å². The van der Waals surface area contributed by atoms with Gasteiger partial charge in [0.2, 0.25) is 11.8 Å². The number of piperidine rings is 1. The Kier molecular flexibility index (Phi) is 4.83. The van der Waals surface area contributed by atoms with Crippen molar-refractivity contribution in [2.24, 2.45) is 7.05 Å². The van der Waals surface area contributed by atoms with Gasteiger partial charge in [-0.1, -0.05) is 12.1 Å². The molecule has 0 bridgehead atoms. The number of hydrogen-bond donors (Lipinski definition) is 2. The fourth-order valence-corrected chi connectivity index (χ4v) is 5.25. The molecule has 0 spiro atoms. The number of nitrogens with zero attached hydrogens (tertiary/aromatic N) is 4. The lowest BCUT2D eigenvalue weighted by atomic mass is 10.0. The van der Waals surface area contributed by atoms with Crippen LogP contribution in [0.4, 0.5) is 0 Å². The molecule has 3 aliphatic heterocycles. The number of aliphatic hydroxyl groups excluding tert-OH is 1. The van der Waals surface area contributed by atoms with E-state index in [1.54, 1.807) is 4.90 Å². The second kappa shape index (κ2) is 7.76. The molecule has 2 amide bonds. The number of pyridine rings is 1. The molecule has 170 valence electrons. The summed E-state index contributed by atoms with van der Waals surface area (Å²) in [6.07, 6.45) is 3.17. The highest BCUT2D eigenvalue weighted by molar-refractivity contribution is 6.00. The summed E-state index contributed by atoms with van der Waals surface area (Å²) >= 11 is 0. The molecule has 2 atom stereocenters. The lowest BCUT2D eigenvalue weighted by molar-refractivity contribution is -0.141. The van der Waals surface area contributed by atoms with Crippen molar-refractivity contribution in [2.45, 2.75) is 44.6 Å². The minimum absolute atomic E-state index is 0.249. The molecule has 8 nitrogen and oxygen atoms in total. The third-order valence-electron chi connectivity index (χ3n) is 7.26. The fraction of sp³-hybridized carbons (Fsp3) is 0.400. The maximum atomic E-state index is 12.4. The van der Waals surface area contributed by atoms with Crippen LogP contribution in [0.2, 0.25) is 0 Å². The van der Waals surface area contributed by atoms with Crippen molar-refractivity contribution in [1.29, 1.82) is 0 Å².